The van der Waals surface area contributed by atoms with Gasteiger partial charge in [0.25, 0.3) is 0 Å². The Hall–Kier alpha value is -2.08. The summed E-state index contributed by atoms with van der Waals surface area (Å²) in [5.41, 5.74) is 1.32. The van der Waals surface area contributed by atoms with Gasteiger partial charge in [-0.15, -0.1) is 0 Å². The summed E-state index contributed by atoms with van der Waals surface area (Å²) in [5, 5.41) is 6.73. The van der Waals surface area contributed by atoms with Crippen LogP contribution in [0.4, 0.5) is 0 Å². The number of hydrogen-bond donors (Lipinski definition) is 2. The molecule has 0 aliphatic heterocycles. The fraction of sp³-hybridized carbons (Fsp3) is 0.619. The van der Waals surface area contributed by atoms with Crippen molar-refractivity contribution in [2.24, 2.45) is 4.99 Å². The summed E-state index contributed by atoms with van der Waals surface area (Å²) < 4.78 is 0. The van der Waals surface area contributed by atoms with Gasteiger partial charge in [0.2, 0.25) is 5.91 Å². The van der Waals surface area contributed by atoms with Gasteiger partial charge in [-0.2, -0.15) is 0 Å². The molecule has 2 atom stereocenters. The smallest absolute Gasteiger partial charge is 0.243 e. The predicted octanol–water partition coefficient (Wildman–Crippen LogP) is 2.32. The van der Waals surface area contributed by atoms with E-state index in [0.717, 1.165) is 25.9 Å². The number of likely N-dealkylation sites (N-methyl/N-ethyl adjacent to an activating group) is 1. The maximum atomic E-state index is 11.8. The molecule has 0 aromatic heterocycles. The second-order valence-corrected chi connectivity index (χ2v) is 7.37. The van der Waals surface area contributed by atoms with Gasteiger partial charge in [0.15, 0.2) is 5.96 Å². The van der Waals surface area contributed by atoms with Gasteiger partial charge in [0.1, 0.15) is 6.54 Å². The number of aliphatic imine (C=N–C) groups is 1. The standard InChI is InChI=1S/C21H37N5O/c1-7-17(2)24-21(23-15-20(27)25(4)5)22-14-13-18(3)26(6)16-19-11-9-8-10-12-19/h8-12,17-18H,7,13-16H2,1-6H3,(H2,22,23,24). The van der Waals surface area contributed by atoms with Gasteiger partial charge < -0.3 is 15.5 Å². The van der Waals surface area contributed by atoms with E-state index in [1.54, 1.807) is 19.0 Å². The number of benzene rings is 1. The average molecular weight is 376 g/mol. The van der Waals surface area contributed by atoms with Gasteiger partial charge in [-0.25, -0.2) is 4.99 Å². The Kier molecular flexibility index (Phi) is 10.5. The molecule has 0 spiro atoms. The fourth-order valence-electron chi connectivity index (χ4n) is 2.42. The van der Waals surface area contributed by atoms with Crippen molar-refractivity contribution in [2.45, 2.75) is 52.2 Å². The molecule has 6 nitrogen and oxygen atoms in total. The Morgan fingerprint density at radius 2 is 1.81 bits per heavy atom. The van der Waals surface area contributed by atoms with Crippen LogP contribution in [0.3, 0.4) is 0 Å². The van der Waals surface area contributed by atoms with E-state index in [4.69, 9.17) is 0 Å². The summed E-state index contributed by atoms with van der Waals surface area (Å²) in [6.45, 7) is 8.37. The SMILES string of the molecule is CCC(C)NC(=NCC(=O)N(C)C)NCCC(C)N(C)Cc1ccccc1. The van der Waals surface area contributed by atoms with Crippen molar-refractivity contribution in [3.05, 3.63) is 35.9 Å². The van der Waals surface area contributed by atoms with Gasteiger partial charge in [-0.3, -0.25) is 9.69 Å². The van der Waals surface area contributed by atoms with Gasteiger partial charge >= 0.3 is 0 Å². The zero-order valence-corrected chi connectivity index (χ0v) is 17.8. The Bertz CT molecular complexity index is 573. The molecule has 0 radical (unpaired) electrons. The van der Waals surface area contributed by atoms with Crippen molar-refractivity contribution < 1.29 is 4.79 Å². The molecule has 0 heterocycles. The minimum atomic E-state index is -0.00351. The van der Waals surface area contributed by atoms with E-state index in [-0.39, 0.29) is 12.5 Å². The highest BCUT2D eigenvalue weighted by molar-refractivity contribution is 5.84. The highest BCUT2D eigenvalue weighted by Crippen LogP contribution is 2.07. The van der Waals surface area contributed by atoms with Crippen LogP contribution in [0.1, 0.15) is 39.2 Å². The van der Waals surface area contributed by atoms with Gasteiger partial charge in [0, 0.05) is 39.3 Å². The molecule has 1 amide bonds. The van der Waals surface area contributed by atoms with Gasteiger partial charge in [0.05, 0.1) is 0 Å². The lowest BCUT2D eigenvalue weighted by molar-refractivity contribution is -0.127. The molecular formula is C21H37N5O. The third-order valence-electron chi connectivity index (χ3n) is 4.75. The first-order valence-corrected chi connectivity index (χ1v) is 9.82. The molecule has 2 unspecified atom stereocenters. The third kappa shape index (κ3) is 9.43. The maximum Gasteiger partial charge on any atom is 0.243 e. The zero-order valence-electron chi connectivity index (χ0n) is 17.8. The van der Waals surface area contributed by atoms with Crippen LogP contribution >= 0.6 is 0 Å². The molecule has 2 N–H and O–H groups in total. The number of amides is 1. The number of nitrogens with zero attached hydrogens (tertiary/aromatic N) is 3. The predicted molar refractivity (Wildman–Crippen MR) is 114 cm³/mol. The average Bonchev–Trinajstić information content (AvgIpc) is 2.65. The molecule has 0 saturated heterocycles. The second kappa shape index (κ2) is 12.3. The van der Waals surface area contributed by atoms with E-state index < -0.39 is 0 Å². The first-order chi connectivity index (χ1) is 12.8. The zero-order chi connectivity index (χ0) is 20.2. The molecule has 1 rings (SSSR count). The number of rotatable bonds is 10. The summed E-state index contributed by atoms with van der Waals surface area (Å²) in [5.74, 6) is 0.702. The first kappa shape index (κ1) is 23.0. The second-order valence-electron chi connectivity index (χ2n) is 7.37. The fourth-order valence-corrected chi connectivity index (χ4v) is 2.42. The molecule has 1 aromatic rings. The van der Waals surface area contributed by atoms with Crippen LogP contribution in [-0.4, -0.2) is 68.0 Å². The lowest BCUT2D eigenvalue weighted by atomic mass is 10.1. The van der Waals surface area contributed by atoms with E-state index in [1.807, 2.05) is 6.07 Å². The van der Waals surface area contributed by atoms with Crippen LogP contribution in [0.15, 0.2) is 35.3 Å². The van der Waals surface area contributed by atoms with Crippen molar-refractivity contribution in [1.29, 1.82) is 0 Å². The van der Waals surface area contributed by atoms with Crippen LogP contribution < -0.4 is 10.6 Å². The van der Waals surface area contributed by atoms with Crippen molar-refractivity contribution in [1.82, 2.24) is 20.4 Å². The molecule has 0 bridgehead atoms. The molecule has 27 heavy (non-hydrogen) atoms. The monoisotopic (exact) mass is 375 g/mol. The summed E-state index contributed by atoms with van der Waals surface area (Å²) in [6.07, 6.45) is 1.99. The van der Waals surface area contributed by atoms with E-state index in [0.29, 0.717) is 18.0 Å². The Labute approximate surface area is 165 Å². The summed E-state index contributed by atoms with van der Waals surface area (Å²) in [7, 11) is 5.65. The van der Waals surface area contributed by atoms with Crippen LogP contribution in [0.2, 0.25) is 0 Å². The molecule has 0 aliphatic rings. The minimum Gasteiger partial charge on any atom is -0.356 e. The summed E-state index contributed by atoms with van der Waals surface area (Å²) in [4.78, 5) is 20.1. The molecule has 0 fully saturated rings. The Morgan fingerprint density at radius 1 is 1.15 bits per heavy atom. The van der Waals surface area contributed by atoms with Crippen LogP contribution in [0.5, 0.6) is 0 Å². The molecule has 152 valence electrons. The number of carbonyl (C=O) groups is 1. The topological polar surface area (TPSA) is 60.0 Å². The molecule has 0 saturated carbocycles. The molecule has 1 aromatic carbocycles. The van der Waals surface area contributed by atoms with Crippen LogP contribution in [0, 0.1) is 0 Å². The Balaban J connectivity index is 2.50. The van der Waals surface area contributed by atoms with Gasteiger partial charge in [-0.1, -0.05) is 37.3 Å². The maximum absolute atomic E-state index is 11.8. The molecular weight excluding hydrogens is 338 g/mol. The number of hydrogen-bond acceptors (Lipinski definition) is 3. The van der Waals surface area contributed by atoms with Gasteiger partial charge in [-0.05, 0) is 39.3 Å². The van der Waals surface area contributed by atoms with E-state index in [2.05, 4.69) is 72.6 Å². The van der Waals surface area contributed by atoms with Crippen molar-refractivity contribution in [2.75, 3.05) is 34.2 Å². The molecule has 6 heteroatoms. The normalized spacial score (nSPS) is 14.0. The number of guanidine groups is 1. The minimum absolute atomic E-state index is 0.00351. The van der Waals surface area contributed by atoms with Crippen LogP contribution in [-0.2, 0) is 11.3 Å². The quantitative estimate of drug-likeness (QED) is 0.487. The highest BCUT2D eigenvalue weighted by atomic mass is 16.2. The van der Waals surface area contributed by atoms with Crippen molar-refractivity contribution >= 4 is 11.9 Å². The Morgan fingerprint density at radius 3 is 2.41 bits per heavy atom. The third-order valence-corrected chi connectivity index (χ3v) is 4.75. The lowest BCUT2D eigenvalue weighted by Crippen LogP contribution is -2.44. The highest BCUT2D eigenvalue weighted by Gasteiger charge is 2.11. The number of nitrogens with one attached hydrogen (secondary N) is 2. The largest absolute Gasteiger partial charge is 0.356 e. The van der Waals surface area contributed by atoms with E-state index in [9.17, 15) is 4.79 Å². The first-order valence-electron chi connectivity index (χ1n) is 9.82. The number of carbonyl (C=O) groups excluding carboxylic acids is 1. The van der Waals surface area contributed by atoms with E-state index >= 15 is 0 Å². The van der Waals surface area contributed by atoms with Crippen molar-refractivity contribution in [3.8, 4) is 0 Å². The van der Waals surface area contributed by atoms with Crippen molar-refractivity contribution in [3.63, 3.8) is 0 Å². The summed E-state index contributed by atoms with van der Waals surface area (Å²) >= 11 is 0. The van der Waals surface area contributed by atoms with Crippen LogP contribution in [0.25, 0.3) is 0 Å². The summed E-state index contributed by atoms with van der Waals surface area (Å²) in [6, 6.07) is 11.3. The van der Waals surface area contributed by atoms with E-state index in [1.165, 1.54) is 5.56 Å². The lowest BCUT2D eigenvalue weighted by Gasteiger charge is -2.25. The molecule has 0 aliphatic carbocycles.